The molecule has 0 radical (unpaired) electrons. The first-order chi connectivity index (χ1) is 9.27. The molecule has 2 N–H and O–H groups in total. The quantitative estimate of drug-likeness (QED) is 0.686. The first-order valence-electron chi connectivity index (χ1n) is 6.84. The van der Waals surface area contributed by atoms with Crippen molar-refractivity contribution < 1.29 is 9.53 Å². The molecule has 1 aromatic carbocycles. The summed E-state index contributed by atoms with van der Waals surface area (Å²) in [5.41, 5.74) is 2.00. The molecule has 0 saturated carbocycles. The van der Waals surface area contributed by atoms with E-state index in [1.165, 1.54) is 5.56 Å². The molecule has 0 bridgehead atoms. The van der Waals surface area contributed by atoms with Gasteiger partial charge in [0.1, 0.15) is 0 Å². The van der Waals surface area contributed by atoms with Crippen LogP contribution in [-0.2, 0) is 11.2 Å². The molecule has 0 atom stereocenters. The maximum Gasteiger partial charge on any atom is 0.251 e. The topological polar surface area (TPSA) is 50.4 Å². The van der Waals surface area contributed by atoms with Crippen LogP contribution in [0.2, 0.25) is 0 Å². The van der Waals surface area contributed by atoms with E-state index >= 15 is 0 Å². The number of hydrogen-bond donors (Lipinski definition) is 2. The van der Waals surface area contributed by atoms with E-state index in [0.717, 1.165) is 31.5 Å². The van der Waals surface area contributed by atoms with Crippen molar-refractivity contribution in [2.75, 3.05) is 33.4 Å². The van der Waals surface area contributed by atoms with Crippen LogP contribution >= 0.6 is 12.4 Å². The summed E-state index contributed by atoms with van der Waals surface area (Å²) < 4.78 is 4.92. The van der Waals surface area contributed by atoms with Crippen LogP contribution in [0.4, 0.5) is 0 Å². The van der Waals surface area contributed by atoms with Crippen molar-refractivity contribution in [2.24, 2.45) is 0 Å². The molecule has 0 spiro atoms. The first kappa shape index (κ1) is 18.9. The van der Waals surface area contributed by atoms with Crippen LogP contribution in [0.25, 0.3) is 0 Å². The highest BCUT2D eigenvalue weighted by molar-refractivity contribution is 5.94. The number of nitrogens with one attached hydrogen (secondary N) is 2. The van der Waals surface area contributed by atoms with Gasteiger partial charge in [0.2, 0.25) is 0 Å². The van der Waals surface area contributed by atoms with Gasteiger partial charge >= 0.3 is 0 Å². The fourth-order valence-corrected chi connectivity index (χ4v) is 1.78. The first-order valence-corrected chi connectivity index (χ1v) is 6.84. The predicted octanol–water partition coefficient (Wildman–Crippen LogP) is 2.03. The van der Waals surface area contributed by atoms with Crippen molar-refractivity contribution in [3.05, 3.63) is 35.4 Å². The van der Waals surface area contributed by atoms with Crippen LogP contribution in [0.5, 0.6) is 0 Å². The molecule has 114 valence electrons. The Morgan fingerprint density at radius 2 is 1.85 bits per heavy atom. The molecule has 5 heteroatoms. The number of carbonyl (C=O) groups is 1. The number of benzene rings is 1. The van der Waals surface area contributed by atoms with Crippen molar-refractivity contribution in [3.63, 3.8) is 0 Å². The second-order valence-electron chi connectivity index (χ2n) is 4.45. The summed E-state index contributed by atoms with van der Waals surface area (Å²) in [6.07, 6.45) is 2.18. The highest BCUT2D eigenvalue weighted by Crippen LogP contribution is 2.06. The van der Waals surface area contributed by atoms with E-state index in [4.69, 9.17) is 4.74 Å². The number of halogens is 1. The summed E-state index contributed by atoms with van der Waals surface area (Å²) in [4.78, 5) is 11.8. The van der Waals surface area contributed by atoms with E-state index in [2.05, 4.69) is 17.6 Å². The monoisotopic (exact) mass is 300 g/mol. The number of carbonyl (C=O) groups excluding carboxylic acids is 1. The summed E-state index contributed by atoms with van der Waals surface area (Å²) in [5.74, 6) is -0.0170. The highest BCUT2D eigenvalue weighted by atomic mass is 35.5. The summed E-state index contributed by atoms with van der Waals surface area (Å²) in [6, 6.07) is 7.82. The van der Waals surface area contributed by atoms with Crippen LogP contribution in [0.15, 0.2) is 24.3 Å². The Hall–Kier alpha value is -1.10. The van der Waals surface area contributed by atoms with Crippen LogP contribution in [0.3, 0.4) is 0 Å². The van der Waals surface area contributed by atoms with Gasteiger partial charge in [-0.2, -0.15) is 0 Å². The highest BCUT2D eigenvalue weighted by Gasteiger charge is 2.03. The molecule has 4 nitrogen and oxygen atoms in total. The summed E-state index contributed by atoms with van der Waals surface area (Å²) in [6.45, 7) is 5.02. The molecule has 0 aromatic heterocycles. The number of methoxy groups -OCH3 is 1. The maximum atomic E-state index is 11.8. The molecule has 0 fully saturated rings. The molecule has 0 unspecified atom stereocenters. The lowest BCUT2D eigenvalue weighted by Gasteiger charge is -2.07. The van der Waals surface area contributed by atoms with Crippen LogP contribution in [0.1, 0.15) is 29.3 Å². The van der Waals surface area contributed by atoms with Crippen LogP contribution in [0, 0.1) is 0 Å². The lowest BCUT2D eigenvalue weighted by Crippen LogP contribution is -2.33. The van der Waals surface area contributed by atoms with Crippen molar-refractivity contribution in [1.29, 1.82) is 0 Å². The van der Waals surface area contributed by atoms with Gasteiger partial charge in [-0.3, -0.25) is 4.79 Å². The van der Waals surface area contributed by atoms with Crippen molar-refractivity contribution >= 4 is 18.3 Å². The molecule has 0 aliphatic heterocycles. The Morgan fingerprint density at radius 3 is 2.45 bits per heavy atom. The van der Waals surface area contributed by atoms with E-state index < -0.39 is 0 Å². The maximum absolute atomic E-state index is 11.8. The molecule has 0 heterocycles. The zero-order valence-corrected chi connectivity index (χ0v) is 13.1. The van der Waals surface area contributed by atoms with Crippen LogP contribution < -0.4 is 10.6 Å². The zero-order chi connectivity index (χ0) is 13.9. The Balaban J connectivity index is 0.00000361. The molecular formula is C15H25ClN2O2. The van der Waals surface area contributed by atoms with E-state index in [0.29, 0.717) is 13.2 Å². The van der Waals surface area contributed by atoms with Gasteiger partial charge in [0.05, 0.1) is 6.61 Å². The third-order valence-corrected chi connectivity index (χ3v) is 2.83. The molecule has 0 aliphatic carbocycles. The van der Waals surface area contributed by atoms with Crippen molar-refractivity contribution in [1.82, 2.24) is 10.6 Å². The number of ether oxygens (including phenoxy) is 1. The molecule has 1 rings (SSSR count). The third-order valence-electron chi connectivity index (χ3n) is 2.83. The lowest BCUT2D eigenvalue weighted by molar-refractivity contribution is 0.0953. The normalized spacial score (nSPS) is 9.90. The van der Waals surface area contributed by atoms with Gasteiger partial charge in [-0.1, -0.05) is 25.5 Å². The van der Waals surface area contributed by atoms with Crippen molar-refractivity contribution in [3.8, 4) is 0 Å². The van der Waals surface area contributed by atoms with Gasteiger partial charge in [0, 0.05) is 32.3 Å². The minimum absolute atomic E-state index is 0. The van der Waals surface area contributed by atoms with Gasteiger partial charge in [-0.05, 0) is 24.1 Å². The molecule has 20 heavy (non-hydrogen) atoms. The van der Waals surface area contributed by atoms with E-state index in [1.54, 1.807) is 7.11 Å². The van der Waals surface area contributed by atoms with Gasteiger partial charge in [-0.25, -0.2) is 0 Å². The molecule has 1 amide bonds. The summed E-state index contributed by atoms with van der Waals surface area (Å²) >= 11 is 0. The Bertz CT molecular complexity index is 369. The summed E-state index contributed by atoms with van der Waals surface area (Å²) in [7, 11) is 1.67. The Labute approximate surface area is 127 Å². The van der Waals surface area contributed by atoms with Crippen molar-refractivity contribution in [2.45, 2.75) is 19.8 Å². The predicted molar refractivity (Wildman–Crippen MR) is 84.8 cm³/mol. The molecule has 0 saturated heterocycles. The second kappa shape index (κ2) is 11.7. The number of rotatable bonds is 9. The van der Waals surface area contributed by atoms with E-state index in [-0.39, 0.29) is 18.3 Å². The minimum Gasteiger partial charge on any atom is -0.383 e. The fraction of sp³-hybridized carbons (Fsp3) is 0.533. The van der Waals surface area contributed by atoms with Gasteiger partial charge < -0.3 is 15.4 Å². The summed E-state index contributed by atoms with van der Waals surface area (Å²) in [5, 5.41) is 6.06. The lowest BCUT2D eigenvalue weighted by atomic mass is 10.1. The Kier molecular flexibility index (Phi) is 11.1. The fourth-order valence-electron chi connectivity index (χ4n) is 1.78. The standard InChI is InChI=1S/C15H24N2O2.ClH/c1-3-4-13-5-7-14(8-6-13)15(18)17-10-9-16-11-12-19-2;/h5-8,16H,3-4,9-12H2,1-2H3,(H,17,18);1H. The smallest absolute Gasteiger partial charge is 0.251 e. The zero-order valence-electron chi connectivity index (χ0n) is 12.3. The SMILES string of the molecule is CCCc1ccc(C(=O)NCCNCCOC)cc1.Cl. The van der Waals surface area contributed by atoms with Gasteiger partial charge in [-0.15, -0.1) is 12.4 Å². The van der Waals surface area contributed by atoms with Gasteiger partial charge in [0.25, 0.3) is 5.91 Å². The molecule has 0 aliphatic rings. The average molecular weight is 301 g/mol. The molecule has 1 aromatic rings. The third kappa shape index (κ3) is 7.48. The van der Waals surface area contributed by atoms with Gasteiger partial charge in [0.15, 0.2) is 0 Å². The number of amides is 1. The Morgan fingerprint density at radius 1 is 1.15 bits per heavy atom. The number of aryl methyl sites for hydroxylation is 1. The largest absolute Gasteiger partial charge is 0.383 e. The second-order valence-corrected chi connectivity index (χ2v) is 4.45. The molecular weight excluding hydrogens is 276 g/mol. The van der Waals surface area contributed by atoms with E-state index in [1.807, 2.05) is 24.3 Å². The average Bonchev–Trinajstić information content (AvgIpc) is 2.43. The van der Waals surface area contributed by atoms with E-state index in [9.17, 15) is 4.79 Å². The number of hydrogen-bond acceptors (Lipinski definition) is 3. The minimum atomic E-state index is -0.0170. The van der Waals surface area contributed by atoms with Crippen LogP contribution in [-0.4, -0.2) is 39.3 Å².